The van der Waals surface area contributed by atoms with Crippen LogP contribution in [0.2, 0.25) is 0 Å². The largest absolute Gasteiger partial charge is 0.490 e. The highest BCUT2D eigenvalue weighted by Gasteiger charge is 2.35. The molecule has 0 amide bonds. The van der Waals surface area contributed by atoms with Crippen molar-refractivity contribution in [3.63, 3.8) is 0 Å². The summed E-state index contributed by atoms with van der Waals surface area (Å²) >= 11 is 1.30. The molecule has 210 valence electrons. The number of hydrogen-bond donors (Lipinski definition) is 0. The third-order valence-corrected chi connectivity index (χ3v) is 7.84. The normalized spacial score (nSPS) is 15.2. The number of carbonyl (C=O) groups is 1. The van der Waals surface area contributed by atoms with Crippen molar-refractivity contribution in [1.29, 1.82) is 0 Å². The van der Waals surface area contributed by atoms with Crippen LogP contribution in [0, 0.1) is 0 Å². The number of thiazole rings is 1. The van der Waals surface area contributed by atoms with Crippen molar-refractivity contribution in [3.8, 4) is 5.75 Å². The SMILES string of the molecule is CCOC(=O)C1=C(c2ccccc2)N=c2sc(=Cc3ccccc3OC(C)C)c(=O)n2C1c1ccc(C(C)C)cc1. The first kappa shape index (κ1) is 28.3. The highest BCUT2D eigenvalue weighted by molar-refractivity contribution is 7.07. The van der Waals surface area contributed by atoms with Crippen molar-refractivity contribution in [2.24, 2.45) is 4.99 Å². The lowest BCUT2D eigenvalue weighted by atomic mass is 9.91. The van der Waals surface area contributed by atoms with E-state index in [0.717, 1.165) is 16.7 Å². The summed E-state index contributed by atoms with van der Waals surface area (Å²) < 4.78 is 13.7. The molecule has 1 aliphatic heterocycles. The van der Waals surface area contributed by atoms with E-state index in [1.807, 2.05) is 86.7 Å². The lowest BCUT2D eigenvalue weighted by molar-refractivity contribution is -0.138. The number of para-hydroxylation sites is 1. The quantitative estimate of drug-likeness (QED) is 0.251. The van der Waals surface area contributed by atoms with Gasteiger partial charge in [0.1, 0.15) is 5.75 Å². The van der Waals surface area contributed by atoms with Crippen molar-refractivity contribution in [2.75, 3.05) is 6.61 Å². The zero-order chi connectivity index (χ0) is 29.1. The Morgan fingerprint density at radius 3 is 2.32 bits per heavy atom. The zero-order valence-electron chi connectivity index (χ0n) is 24.0. The van der Waals surface area contributed by atoms with Crippen LogP contribution in [0.15, 0.2) is 94.2 Å². The van der Waals surface area contributed by atoms with Crippen LogP contribution in [0.25, 0.3) is 11.8 Å². The Labute approximate surface area is 243 Å². The minimum absolute atomic E-state index is 0.0138. The summed E-state index contributed by atoms with van der Waals surface area (Å²) in [6, 6.07) is 24.6. The van der Waals surface area contributed by atoms with Crippen molar-refractivity contribution in [3.05, 3.63) is 126 Å². The van der Waals surface area contributed by atoms with Gasteiger partial charge in [-0.25, -0.2) is 9.79 Å². The number of fused-ring (bicyclic) bond motifs is 1. The number of nitrogens with zero attached hydrogens (tertiary/aromatic N) is 2. The average molecular weight is 567 g/mol. The molecule has 0 N–H and O–H groups in total. The molecule has 41 heavy (non-hydrogen) atoms. The van der Waals surface area contributed by atoms with E-state index in [9.17, 15) is 9.59 Å². The number of esters is 1. The van der Waals surface area contributed by atoms with E-state index in [1.54, 1.807) is 11.5 Å². The van der Waals surface area contributed by atoms with E-state index in [4.69, 9.17) is 14.5 Å². The van der Waals surface area contributed by atoms with E-state index < -0.39 is 12.0 Å². The lowest BCUT2D eigenvalue weighted by Gasteiger charge is -2.26. The van der Waals surface area contributed by atoms with Crippen LogP contribution in [0.1, 0.15) is 68.8 Å². The molecule has 7 heteroatoms. The summed E-state index contributed by atoms with van der Waals surface area (Å²) in [7, 11) is 0. The van der Waals surface area contributed by atoms with E-state index in [0.29, 0.717) is 32.3 Å². The summed E-state index contributed by atoms with van der Waals surface area (Å²) in [5, 5.41) is 0. The Morgan fingerprint density at radius 2 is 1.66 bits per heavy atom. The van der Waals surface area contributed by atoms with Gasteiger partial charge >= 0.3 is 5.97 Å². The zero-order valence-corrected chi connectivity index (χ0v) is 24.8. The summed E-state index contributed by atoms with van der Waals surface area (Å²) in [4.78, 5) is 33.2. The molecule has 0 radical (unpaired) electrons. The molecular formula is C34H34N2O4S. The molecule has 0 bridgehead atoms. The molecule has 6 nitrogen and oxygen atoms in total. The van der Waals surface area contributed by atoms with Crippen molar-refractivity contribution in [2.45, 2.75) is 52.7 Å². The van der Waals surface area contributed by atoms with Crippen molar-refractivity contribution >= 4 is 29.1 Å². The molecule has 1 aromatic heterocycles. The third-order valence-electron chi connectivity index (χ3n) is 6.86. The predicted octanol–water partition coefficient (Wildman–Crippen LogP) is 5.85. The van der Waals surface area contributed by atoms with Gasteiger partial charge in [0.2, 0.25) is 0 Å². The maximum Gasteiger partial charge on any atom is 0.338 e. The Kier molecular flexibility index (Phi) is 8.36. The van der Waals surface area contributed by atoms with Crippen molar-refractivity contribution < 1.29 is 14.3 Å². The molecule has 5 rings (SSSR count). The molecule has 1 aliphatic rings. The first-order valence-corrected chi connectivity index (χ1v) is 14.7. The fraction of sp³-hybridized carbons (Fsp3) is 0.265. The summed E-state index contributed by atoms with van der Waals surface area (Å²) in [6.07, 6.45) is 1.83. The van der Waals surface area contributed by atoms with Gasteiger partial charge in [-0.2, -0.15) is 0 Å². The van der Waals surface area contributed by atoms with Gasteiger partial charge in [-0.15, -0.1) is 0 Å². The molecule has 0 fully saturated rings. The van der Waals surface area contributed by atoms with Gasteiger partial charge in [-0.3, -0.25) is 9.36 Å². The summed E-state index contributed by atoms with van der Waals surface area (Å²) in [5.41, 5.74) is 4.21. The van der Waals surface area contributed by atoms with Crippen LogP contribution in [0.4, 0.5) is 0 Å². The second-order valence-corrected chi connectivity index (χ2v) is 11.5. The van der Waals surface area contributed by atoms with E-state index in [-0.39, 0.29) is 18.3 Å². The maximum absolute atomic E-state index is 14.1. The minimum atomic E-state index is -0.703. The van der Waals surface area contributed by atoms with Crippen LogP contribution < -0.4 is 19.6 Å². The van der Waals surface area contributed by atoms with Crippen LogP contribution in [-0.2, 0) is 9.53 Å². The van der Waals surface area contributed by atoms with Crippen molar-refractivity contribution in [1.82, 2.24) is 4.57 Å². The Morgan fingerprint density at radius 1 is 0.976 bits per heavy atom. The number of benzene rings is 3. The number of ether oxygens (including phenoxy) is 2. The second-order valence-electron chi connectivity index (χ2n) is 10.5. The topological polar surface area (TPSA) is 69.9 Å². The van der Waals surface area contributed by atoms with Gasteiger partial charge < -0.3 is 9.47 Å². The Bertz CT molecular complexity index is 1760. The maximum atomic E-state index is 14.1. The fourth-order valence-electron chi connectivity index (χ4n) is 4.92. The van der Waals surface area contributed by atoms with Crippen LogP contribution in [0.5, 0.6) is 5.75 Å². The highest BCUT2D eigenvalue weighted by Crippen LogP contribution is 2.35. The molecule has 0 aliphatic carbocycles. The number of rotatable bonds is 8. The summed E-state index contributed by atoms with van der Waals surface area (Å²) in [5.74, 6) is 0.559. The minimum Gasteiger partial charge on any atom is -0.490 e. The molecule has 0 spiro atoms. The van der Waals surface area contributed by atoms with E-state index in [1.165, 1.54) is 16.9 Å². The number of hydrogen-bond acceptors (Lipinski definition) is 6. The van der Waals surface area contributed by atoms with E-state index in [2.05, 4.69) is 26.0 Å². The molecule has 4 aromatic rings. The Hall–Kier alpha value is -4.23. The smallest absolute Gasteiger partial charge is 0.338 e. The highest BCUT2D eigenvalue weighted by atomic mass is 32.1. The van der Waals surface area contributed by atoms with Gasteiger partial charge in [0.25, 0.3) is 5.56 Å². The standard InChI is InChI=1S/C34H34N2O4S/c1-6-39-33(38)29-30(24-12-8-7-9-13-24)35-34-36(31(29)25-18-16-23(17-19-25)21(2)3)32(37)28(41-34)20-26-14-10-11-15-27(26)40-22(4)5/h7-22,31H,6H2,1-5H3. The first-order chi connectivity index (χ1) is 19.8. The van der Waals surface area contributed by atoms with Crippen LogP contribution in [-0.4, -0.2) is 23.2 Å². The second kappa shape index (κ2) is 12.1. The predicted molar refractivity (Wildman–Crippen MR) is 164 cm³/mol. The molecule has 1 unspecified atom stereocenters. The summed E-state index contributed by atoms with van der Waals surface area (Å²) in [6.45, 7) is 10.2. The molecule has 0 saturated carbocycles. The molecular weight excluding hydrogens is 532 g/mol. The molecule has 0 saturated heterocycles. The van der Waals surface area contributed by atoms with Gasteiger partial charge in [-0.1, -0.05) is 98.0 Å². The number of aromatic nitrogens is 1. The van der Waals surface area contributed by atoms with Crippen LogP contribution >= 0.6 is 11.3 Å². The Balaban J connectivity index is 1.80. The van der Waals surface area contributed by atoms with Gasteiger partial charge in [-0.05, 0) is 50.0 Å². The van der Waals surface area contributed by atoms with E-state index >= 15 is 0 Å². The van der Waals surface area contributed by atoms with Crippen LogP contribution in [0.3, 0.4) is 0 Å². The first-order valence-electron chi connectivity index (χ1n) is 13.9. The lowest BCUT2D eigenvalue weighted by Crippen LogP contribution is -2.40. The molecule has 2 heterocycles. The average Bonchev–Trinajstić information content (AvgIpc) is 3.27. The fourth-order valence-corrected chi connectivity index (χ4v) is 5.91. The number of carbonyl (C=O) groups excluding carboxylic acids is 1. The third kappa shape index (κ3) is 5.81. The van der Waals surface area contributed by atoms with Gasteiger partial charge in [0.05, 0.1) is 34.6 Å². The monoisotopic (exact) mass is 566 g/mol. The molecule has 1 atom stereocenters. The molecule has 3 aromatic carbocycles. The van der Waals surface area contributed by atoms with Gasteiger partial charge in [0.15, 0.2) is 4.80 Å². The van der Waals surface area contributed by atoms with Gasteiger partial charge in [0, 0.05) is 11.1 Å².